The van der Waals surface area contributed by atoms with Crippen molar-refractivity contribution >= 4 is 35.5 Å². The van der Waals surface area contributed by atoms with E-state index in [2.05, 4.69) is 29.2 Å². The zero-order valence-electron chi connectivity index (χ0n) is 22.6. The second-order valence-electron chi connectivity index (χ2n) is 10.7. The molecule has 2 amide bonds. The summed E-state index contributed by atoms with van der Waals surface area (Å²) in [6, 6.07) is 8.26. The molecule has 3 unspecified atom stereocenters. The van der Waals surface area contributed by atoms with Crippen molar-refractivity contribution in [2.24, 2.45) is 11.8 Å². The maximum Gasteiger partial charge on any atom is 0.490 e. The maximum absolute atomic E-state index is 13.5. The van der Waals surface area contributed by atoms with E-state index in [1.165, 1.54) is 49.0 Å². The Morgan fingerprint density at radius 2 is 1.68 bits per heavy atom. The Balaban J connectivity index is 0.000000470. The van der Waals surface area contributed by atoms with Crippen LogP contribution in [0.4, 0.5) is 13.2 Å². The van der Waals surface area contributed by atoms with Crippen LogP contribution in [0.25, 0.3) is 0 Å². The molecule has 1 aromatic carbocycles. The Bertz CT molecular complexity index is 1120. The molecule has 8 nitrogen and oxygen atoms in total. The number of likely N-dealkylation sites (tertiary alicyclic amines) is 1. The zero-order valence-corrected chi connectivity index (χ0v) is 23.4. The van der Waals surface area contributed by atoms with E-state index in [0.29, 0.717) is 24.8 Å². The number of alkyl halides is 3. The molecule has 3 saturated heterocycles. The number of ether oxygens (including phenoxy) is 1. The molecule has 1 aliphatic carbocycles. The second kappa shape index (κ2) is 12.1. The first-order valence-corrected chi connectivity index (χ1v) is 14.6. The fourth-order valence-electron chi connectivity index (χ4n) is 6.85. The number of nitrogens with zero attached hydrogens (tertiary/aromatic N) is 2. The molecule has 0 radical (unpaired) electrons. The molecule has 5 rings (SSSR count). The number of esters is 1. The molecule has 3 heterocycles. The van der Waals surface area contributed by atoms with Gasteiger partial charge in [0.25, 0.3) is 0 Å². The van der Waals surface area contributed by atoms with Crippen LogP contribution in [0.15, 0.2) is 29.2 Å². The molecule has 0 aromatic heterocycles. The predicted octanol–water partition coefficient (Wildman–Crippen LogP) is 4.82. The number of rotatable bonds is 5. The maximum atomic E-state index is 13.5. The van der Waals surface area contributed by atoms with Crippen molar-refractivity contribution in [1.82, 2.24) is 9.80 Å². The number of imide groups is 1. The third-order valence-electron chi connectivity index (χ3n) is 8.53. The van der Waals surface area contributed by atoms with Crippen molar-refractivity contribution in [2.45, 2.75) is 86.2 Å². The number of hydrogen-bond acceptors (Lipinski definition) is 7. The lowest BCUT2D eigenvalue weighted by molar-refractivity contribution is -0.192. The van der Waals surface area contributed by atoms with Gasteiger partial charge in [-0.25, -0.2) is 4.79 Å². The summed E-state index contributed by atoms with van der Waals surface area (Å²) >= 11 is 1.95. The highest BCUT2D eigenvalue weighted by Crippen LogP contribution is 2.58. The number of amides is 2. The third kappa shape index (κ3) is 5.48. The van der Waals surface area contributed by atoms with Gasteiger partial charge in [0.05, 0.1) is 18.9 Å². The fraction of sp³-hybridized carbons (Fsp3) is 0.643. The lowest BCUT2D eigenvalue weighted by atomic mass is 9.75. The van der Waals surface area contributed by atoms with Crippen molar-refractivity contribution in [3.05, 3.63) is 29.8 Å². The first-order chi connectivity index (χ1) is 19.0. The molecule has 40 heavy (non-hydrogen) atoms. The van der Waals surface area contributed by atoms with E-state index in [0.717, 1.165) is 18.4 Å². The molecule has 0 bridgehead atoms. The Morgan fingerprint density at radius 3 is 2.23 bits per heavy atom. The summed E-state index contributed by atoms with van der Waals surface area (Å²) in [7, 11) is 1.39. The van der Waals surface area contributed by atoms with Gasteiger partial charge in [0.1, 0.15) is 5.54 Å². The van der Waals surface area contributed by atoms with E-state index >= 15 is 0 Å². The van der Waals surface area contributed by atoms with Crippen molar-refractivity contribution in [2.75, 3.05) is 20.2 Å². The van der Waals surface area contributed by atoms with Gasteiger partial charge in [-0.05, 0) is 63.3 Å². The summed E-state index contributed by atoms with van der Waals surface area (Å²) in [6.07, 6.45) is 3.81. The molecule has 4 atom stereocenters. The molecule has 0 spiro atoms. The van der Waals surface area contributed by atoms with Crippen LogP contribution in [0.3, 0.4) is 0 Å². The first kappa shape index (κ1) is 30.4. The Hall–Kier alpha value is -2.60. The van der Waals surface area contributed by atoms with Gasteiger partial charge in [-0.1, -0.05) is 31.4 Å². The number of carboxylic acid groups (broad SMARTS) is 1. The van der Waals surface area contributed by atoms with E-state index in [4.69, 9.17) is 14.6 Å². The number of halogens is 3. The summed E-state index contributed by atoms with van der Waals surface area (Å²) in [6.45, 7) is 2.86. The van der Waals surface area contributed by atoms with Gasteiger partial charge >= 0.3 is 18.1 Å². The van der Waals surface area contributed by atoms with E-state index < -0.39 is 29.5 Å². The monoisotopic (exact) mass is 584 g/mol. The normalized spacial score (nSPS) is 28.9. The van der Waals surface area contributed by atoms with Gasteiger partial charge in [-0.15, -0.1) is 11.8 Å². The Morgan fingerprint density at radius 1 is 1.05 bits per heavy atom. The average molecular weight is 585 g/mol. The quantitative estimate of drug-likeness (QED) is 0.388. The van der Waals surface area contributed by atoms with Crippen LogP contribution in [-0.2, 0) is 23.9 Å². The van der Waals surface area contributed by atoms with Crippen molar-refractivity contribution in [3.8, 4) is 0 Å². The molecule has 4 fully saturated rings. The summed E-state index contributed by atoms with van der Waals surface area (Å²) in [5, 5.41) is 7.81. The number of hydrogen-bond donors (Lipinski definition) is 1. The summed E-state index contributed by atoms with van der Waals surface area (Å²) < 4.78 is 37.0. The number of carbonyl (C=O) groups excluding carboxylic acids is 3. The first-order valence-electron chi connectivity index (χ1n) is 13.7. The summed E-state index contributed by atoms with van der Waals surface area (Å²) in [4.78, 5) is 53.8. The molecule has 1 N–H and O–H groups in total. The molecule has 3 aliphatic heterocycles. The van der Waals surface area contributed by atoms with Crippen LogP contribution in [0.2, 0.25) is 0 Å². The zero-order chi connectivity index (χ0) is 29.2. The molecular formula is C28H35F3N2O6S. The number of thioether (sulfide) groups is 1. The average Bonchev–Trinajstić information content (AvgIpc) is 3.39. The van der Waals surface area contributed by atoms with Crippen molar-refractivity contribution < 1.29 is 42.2 Å². The number of aliphatic carboxylic acids is 1. The number of fused-ring (bicyclic) bond motifs is 3. The lowest BCUT2D eigenvalue weighted by Gasteiger charge is -2.44. The Labute approximate surface area is 235 Å². The van der Waals surface area contributed by atoms with Gasteiger partial charge in [0, 0.05) is 22.7 Å². The van der Waals surface area contributed by atoms with Crippen LogP contribution >= 0.6 is 11.8 Å². The van der Waals surface area contributed by atoms with Gasteiger partial charge in [-0.3, -0.25) is 24.2 Å². The number of methoxy groups -OCH3 is 1. The van der Waals surface area contributed by atoms with Crippen LogP contribution in [0.5, 0.6) is 0 Å². The van der Waals surface area contributed by atoms with Gasteiger partial charge in [0.2, 0.25) is 11.8 Å². The minimum atomic E-state index is -5.08. The van der Waals surface area contributed by atoms with Crippen LogP contribution in [-0.4, -0.2) is 75.8 Å². The Kier molecular flexibility index (Phi) is 9.18. The molecule has 1 saturated carbocycles. The highest BCUT2D eigenvalue weighted by Gasteiger charge is 2.72. The molecule has 1 aromatic rings. The van der Waals surface area contributed by atoms with Gasteiger partial charge < -0.3 is 9.84 Å². The molecule has 220 valence electrons. The molecule has 4 aliphatic rings. The van der Waals surface area contributed by atoms with Crippen LogP contribution in [0.1, 0.15) is 69.9 Å². The molecule has 12 heteroatoms. The van der Waals surface area contributed by atoms with Crippen LogP contribution in [0, 0.1) is 11.8 Å². The fourth-order valence-corrected chi connectivity index (χ4v) is 8.09. The lowest BCUT2D eigenvalue weighted by Crippen LogP contribution is -2.59. The third-order valence-corrected chi connectivity index (χ3v) is 9.88. The van der Waals surface area contributed by atoms with E-state index in [1.54, 1.807) is 0 Å². The van der Waals surface area contributed by atoms with Crippen LogP contribution < -0.4 is 0 Å². The second-order valence-corrected chi connectivity index (χ2v) is 12.1. The summed E-state index contributed by atoms with van der Waals surface area (Å²) in [5.41, 5.74) is -0.0288. The van der Waals surface area contributed by atoms with Crippen molar-refractivity contribution in [3.63, 3.8) is 0 Å². The minimum Gasteiger partial charge on any atom is -0.475 e. The number of carboxylic acids is 1. The predicted molar refractivity (Wildman–Crippen MR) is 140 cm³/mol. The van der Waals surface area contributed by atoms with Gasteiger partial charge in [0.15, 0.2) is 0 Å². The summed E-state index contributed by atoms with van der Waals surface area (Å²) in [5.74, 6) is -4.69. The number of piperidine rings is 1. The van der Waals surface area contributed by atoms with E-state index in [1.807, 2.05) is 18.7 Å². The van der Waals surface area contributed by atoms with Crippen molar-refractivity contribution in [1.29, 1.82) is 0 Å². The minimum absolute atomic E-state index is 0.143. The van der Waals surface area contributed by atoms with Gasteiger partial charge in [-0.2, -0.15) is 13.2 Å². The largest absolute Gasteiger partial charge is 0.490 e. The smallest absolute Gasteiger partial charge is 0.475 e. The van der Waals surface area contributed by atoms with E-state index in [9.17, 15) is 27.6 Å². The number of carbonyl (C=O) groups is 4. The highest BCUT2D eigenvalue weighted by atomic mass is 32.2. The van der Waals surface area contributed by atoms with E-state index in [-0.39, 0.29) is 23.8 Å². The SMILES string of the molecule is CCN1C(=O)C2C(c3ccc(SC4CCCCC4)cc3)N3CCCC[C@@]3(C(=O)OC)C2C1=O.O=C(O)C(F)(F)F. The standard InChI is InChI=1S/C26H34N2O4S.C2HF3O2/c1-3-27-23(29)20-21(24(27)30)26(25(31)32-2)15-7-8-16-28(26)22(20)17-11-13-19(14-12-17)33-18-9-5-4-6-10-18;3-2(4,5)1(6)7/h11-14,18,20-22H,3-10,15-16H2,1-2H3;(H,6,7)/t20?,21?,22?,26-;/m0./s1. The highest BCUT2D eigenvalue weighted by molar-refractivity contribution is 8.00. The molecular weight excluding hydrogens is 549 g/mol. The topological polar surface area (TPSA) is 104 Å². The number of benzene rings is 1.